The molecule has 0 aliphatic carbocycles. The van der Waals surface area contributed by atoms with E-state index in [9.17, 15) is 0 Å². The van der Waals surface area contributed by atoms with E-state index in [1.807, 2.05) is 30.3 Å². The van der Waals surface area contributed by atoms with E-state index >= 15 is 0 Å². The van der Waals surface area contributed by atoms with Gasteiger partial charge in [-0.05, 0) is 0 Å². The summed E-state index contributed by atoms with van der Waals surface area (Å²) in [6.45, 7) is 0. The molecule has 0 fully saturated rings. The van der Waals surface area contributed by atoms with E-state index in [1.54, 1.807) is 0 Å². The molecule has 0 aliphatic rings. The molecule has 0 radical (unpaired) electrons. The van der Waals surface area contributed by atoms with Crippen LogP contribution in [-0.4, -0.2) is 0 Å². The Bertz CT molecular complexity index is 150. The van der Waals surface area contributed by atoms with Gasteiger partial charge in [-0.25, -0.2) is 0 Å². The Balaban J connectivity index is 2.83. The van der Waals surface area contributed by atoms with Crippen LogP contribution in [0.1, 0.15) is 0 Å². The van der Waals surface area contributed by atoms with Crippen LogP contribution < -0.4 is 9.21 Å². The van der Waals surface area contributed by atoms with E-state index in [4.69, 9.17) is 4.75 Å². The van der Waals surface area contributed by atoms with Crippen molar-refractivity contribution in [2.24, 2.45) is 4.75 Å². The molecule has 0 saturated carbocycles. The molecule has 0 unspecified atom stereocenters. The predicted octanol–water partition coefficient (Wildman–Crippen LogP) is 0.268. The Labute approximate surface area is 55.3 Å². The molecule has 0 aromatic heterocycles. The van der Waals surface area contributed by atoms with Gasteiger partial charge in [0, 0.05) is 0 Å². The zero-order valence-corrected chi connectivity index (χ0v) is 5.21. The van der Waals surface area contributed by atoms with Crippen LogP contribution in [0.3, 0.4) is 0 Å². The molecule has 1 nitrogen and oxygen atoms in total. The van der Waals surface area contributed by atoms with Gasteiger partial charge in [0.1, 0.15) is 0 Å². The van der Waals surface area contributed by atoms with Crippen LogP contribution in [0, 0.1) is 0 Å². The van der Waals surface area contributed by atoms with Crippen molar-refractivity contribution >= 4 is 4.46 Å². The maximum atomic E-state index is 5.26. The molecule has 0 amide bonds. The third-order valence-electron chi connectivity index (χ3n) is 0.808. The average molecular weight is 157 g/mol. The Morgan fingerprint density at radius 1 is 1.12 bits per heavy atom. The van der Waals surface area contributed by atoms with Gasteiger partial charge < -0.3 is 0 Å². The van der Waals surface area contributed by atoms with Crippen molar-refractivity contribution in [2.45, 2.75) is 0 Å². The van der Waals surface area contributed by atoms with Gasteiger partial charge >= 0.3 is 54.7 Å². The van der Waals surface area contributed by atoms with Gasteiger partial charge in [-0.1, -0.05) is 0 Å². The van der Waals surface area contributed by atoms with Gasteiger partial charge in [-0.2, -0.15) is 0 Å². The van der Waals surface area contributed by atoms with Gasteiger partial charge in [0.05, 0.1) is 0 Å². The summed E-state index contributed by atoms with van der Waals surface area (Å²) in [6.07, 6.45) is 0. The molecular weight excluding hydrogens is 150 g/mol. The number of hydrogen-bond donors (Lipinski definition) is 1. The molecule has 1 aromatic rings. The van der Waals surface area contributed by atoms with Crippen LogP contribution in [0.15, 0.2) is 30.3 Å². The van der Waals surface area contributed by atoms with Gasteiger partial charge in [0.2, 0.25) is 0 Å². The third kappa shape index (κ3) is 1.34. The first-order valence-electron chi connectivity index (χ1n) is 2.24. The molecule has 8 heavy (non-hydrogen) atoms. The van der Waals surface area contributed by atoms with E-state index in [0.717, 1.165) is 4.46 Å². The van der Waals surface area contributed by atoms with Gasteiger partial charge in [0.15, 0.2) is 0 Å². The summed E-state index contributed by atoms with van der Waals surface area (Å²) in [5, 5.41) is 0. The summed E-state index contributed by atoms with van der Waals surface area (Å²) in [5.41, 5.74) is 0. The van der Waals surface area contributed by atoms with Gasteiger partial charge in [-0.15, -0.1) is 0 Å². The minimum absolute atomic E-state index is 1.09. The molecule has 0 atom stereocenters. The van der Waals surface area contributed by atoms with Crippen molar-refractivity contribution < 1.29 is 15.2 Å². The second-order valence-corrected chi connectivity index (χ2v) is 2.15. The average Bonchev–Trinajstić information content (AvgIpc) is 1.90. The number of nitrogens with two attached hydrogens (primary N) is 1. The van der Waals surface area contributed by atoms with E-state index in [0.29, 0.717) is 0 Å². The van der Waals surface area contributed by atoms with Crippen molar-refractivity contribution in [1.82, 2.24) is 0 Å². The van der Waals surface area contributed by atoms with Crippen LogP contribution in [0.5, 0.6) is 0 Å². The summed E-state index contributed by atoms with van der Waals surface area (Å²) in [6, 6.07) is 9.84. The fourth-order valence-electron chi connectivity index (χ4n) is 0.458. The van der Waals surface area contributed by atoms with Crippen molar-refractivity contribution in [2.75, 3.05) is 0 Å². The van der Waals surface area contributed by atoms with E-state index < -0.39 is 0 Å². The Morgan fingerprint density at radius 3 is 2.12 bits per heavy atom. The first kappa shape index (κ1) is 5.83. The molecule has 0 bridgehead atoms. The molecule has 47 valence electrons. The summed E-state index contributed by atoms with van der Waals surface area (Å²) >= 11 is 1.35. The summed E-state index contributed by atoms with van der Waals surface area (Å²) in [7, 11) is 0. The SMILES string of the molecule is [NH2][Cu][c]1ccccc1. The zero-order valence-electron chi connectivity index (χ0n) is 4.27. The second-order valence-electron chi connectivity index (χ2n) is 1.34. The van der Waals surface area contributed by atoms with Crippen LogP contribution in [0.2, 0.25) is 0 Å². The molecule has 0 saturated heterocycles. The molecular formula is C6H7CuN. The Hall–Kier alpha value is -0.301. The van der Waals surface area contributed by atoms with Crippen LogP contribution in [-0.2, 0) is 15.2 Å². The normalized spacial score (nSPS) is 9.62. The zero-order chi connectivity index (χ0) is 5.82. The summed E-state index contributed by atoms with van der Waals surface area (Å²) < 4.78 is 6.35. The molecule has 1 aromatic carbocycles. The number of hydrogen-bond acceptors (Lipinski definition) is 1. The predicted molar refractivity (Wildman–Crippen MR) is 30.3 cm³/mol. The molecule has 2 N–H and O–H groups in total. The van der Waals surface area contributed by atoms with Crippen molar-refractivity contribution in [3.05, 3.63) is 30.3 Å². The molecule has 0 spiro atoms. The van der Waals surface area contributed by atoms with Crippen molar-refractivity contribution in [1.29, 1.82) is 0 Å². The van der Waals surface area contributed by atoms with Crippen LogP contribution >= 0.6 is 0 Å². The summed E-state index contributed by atoms with van der Waals surface area (Å²) in [4.78, 5) is 0. The van der Waals surface area contributed by atoms with Gasteiger partial charge in [-0.3, -0.25) is 0 Å². The van der Waals surface area contributed by atoms with Crippen LogP contribution in [0.25, 0.3) is 0 Å². The van der Waals surface area contributed by atoms with Gasteiger partial charge in [0.25, 0.3) is 0 Å². The molecule has 1 rings (SSSR count). The van der Waals surface area contributed by atoms with E-state index in [1.165, 1.54) is 15.2 Å². The minimum atomic E-state index is 1.09. The Kier molecular flexibility index (Phi) is 2.10. The maximum absolute atomic E-state index is 5.26. The van der Waals surface area contributed by atoms with Crippen molar-refractivity contribution in [3.8, 4) is 0 Å². The standard InChI is InChI=1S/C6H5.Cu.H2N/c1-2-4-6-5-3-1;;/h1-5H;;1H2/q;+1;-1. The Morgan fingerprint density at radius 2 is 1.75 bits per heavy atom. The first-order valence-corrected chi connectivity index (χ1v) is 3.25. The second kappa shape index (κ2) is 2.88. The number of benzene rings is 1. The van der Waals surface area contributed by atoms with Crippen LogP contribution in [0.4, 0.5) is 0 Å². The monoisotopic (exact) mass is 156 g/mol. The molecule has 2 heteroatoms. The third-order valence-corrected chi connectivity index (χ3v) is 1.44. The quantitative estimate of drug-likeness (QED) is 0.581. The fraction of sp³-hybridized carbons (Fsp3) is 0. The van der Waals surface area contributed by atoms with E-state index in [2.05, 4.69) is 0 Å². The first-order chi connectivity index (χ1) is 3.93. The fourth-order valence-corrected chi connectivity index (χ4v) is 0.820. The topological polar surface area (TPSA) is 26.0 Å². The van der Waals surface area contributed by atoms with E-state index in [-0.39, 0.29) is 0 Å². The molecule has 0 heterocycles. The number of rotatable bonds is 1. The van der Waals surface area contributed by atoms with Crippen molar-refractivity contribution in [3.63, 3.8) is 0 Å². The molecule has 0 aliphatic heterocycles. The summed E-state index contributed by atoms with van der Waals surface area (Å²) in [5.74, 6) is 0.